The maximum absolute atomic E-state index is 11.6. The molecule has 3 aliphatic rings. The molecular formula is C9H9N2O6P. The molecule has 3 heterocycles. The van der Waals surface area contributed by atoms with Gasteiger partial charge in [-0.2, -0.15) is 9.69 Å². The molecule has 4 rings (SSSR count). The molecule has 96 valence electrons. The summed E-state index contributed by atoms with van der Waals surface area (Å²) in [4.78, 5) is 11.6. The van der Waals surface area contributed by atoms with Crippen LogP contribution in [-0.4, -0.2) is 17.9 Å². The molecule has 0 spiro atoms. The molecule has 2 bridgehead atoms. The van der Waals surface area contributed by atoms with Crippen LogP contribution in [0.15, 0.2) is 24.3 Å². The summed E-state index contributed by atoms with van der Waals surface area (Å²) in [5.41, 5.74) is 0.403. The predicted molar refractivity (Wildman–Crippen MR) is 58.2 cm³/mol. The van der Waals surface area contributed by atoms with E-state index in [4.69, 9.17) is 9.36 Å². The highest BCUT2D eigenvalue weighted by atomic mass is 31.2. The van der Waals surface area contributed by atoms with Gasteiger partial charge in [-0.1, -0.05) is 0 Å². The fourth-order valence-electron chi connectivity index (χ4n) is 1.50. The van der Waals surface area contributed by atoms with Crippen LogP contribution in [0.2, 0.25) is 0 Å². The number of carbonyl (C=O) groups is 1. The van der Waals surface area contributed by atoms with Crippen molar-refractivity contribution in [3.8, 4) is 5.75 Å². The van der Waals surface area contributed by atoms with Crippen molar-refractivity contribution < 1.29 is 28.0 Å². The molecule has 1 aromatic carbocycles. The Morgan fingerprint density at radius 1 is 1.22 bits per heavy atom. The second-order valence-electron chi connectivity index (χ2n) is 3.45. The van der Waals surface area contributed by atoms with Gasteiger partial charge >= 0.3 is 13.9 Å². The SMILES string of the molecule is CCOc1ccc(N2OP3(=O)ON(O3)C2=O)cc1. The summed E-state index contributed by atoms with van der Waals surface area (Å²) < 4.78 is 30.6. The smallest absolute Gasteiger partial charge is 0.494 e. The Bertz CT molecular complexity index is 522. The van der Waals surface area contributed by atoms with Crippen LogP contribution in [0, 0.1) is 0 Å². The van der Waals surface area contributed by atoms with Gasteiger partial charge in [0.1, 0.15) is 5.75 Å². The highest BCUT2D eigenvalue weighted by molar-refractivity contribution is 7.49. The van der Waals surface area contributed by atoms with Crippen molar-refractivity contribution in [1.29, 1.82) is 0 Å². The number of anilines is 1. The normalized spacial score (nSPS) is 20.6. The second-order valence-corrected chi connectivity index (χ2v) is 4.84. The van der Waals surface area contributed by atoms with Crippen molar-refractivity contribution >= 4 is 19.5 Å². The minimum absolute atomic E-state index is 0.403. The molecular weight excluding hydrogens is 263 g/mol. The van der Waals surface area contributed by atoms with Crippen LogP contribution in [0.25, 0.3) is 0 Å². The number of hydrogen-bond donors (Lipinski definition) is 0. The zero-order chi connectivity index (χ0) is 12.8. The molecule has 18 heavy (non-hydrogen) atoms. The van der Waals surface area contributed by atoms with E-state index in [-0.39, 0.29) is 0 Å². The van der Waals surface area contributed by atoms with Gasteiger partial charge in [-0.05, 0) is 36.4 Å². The predicted octanol–water partition coefficient (Wildman–Crippen LogP) is 2.24. The quantitative estimate of drug-likeness (QED) is 0.785. The molecule has 0 saturated carbocycles. The molecule has 0 aliphatic carbocycles. The van der Waals surface area contributed by atoms with E-state index in [0.717, 1.165) is 5.06 Å². The van der Waals surface area contributed by atoms with Gasteiger partial charge in [0.2, 0.25) is 0 Å². The summed E-state index contributed by atoms with van der Waals surface area (Å²) >= 11 is 0. The number of ether oxygens (including phenoxy) is 1. The minimum Gasteiger partial charge on any atom is -0.494 e. The lowest BCUT2D eigenvalue weighted by Gasteiger charge is -2.42. The maximum Gasteiger partial charge on any atom is 0.544 e. The number of nitrogens with zero attached hydrogens (tertiary/aromatic N) is 2. The molecule has 0 radical (unpaired) electrons. The van der Waals surface area contributed by atoms with Crippen LogP contribution in [0.5, 0.6) is 5.75 Å². The van der Waals surface area contributed by atoms with Crippen molar-refractivity contribution in [3.63, 3.8) is 0 Å². The number of urea groups is 1. The second kappa shape index (κ2) is 3.96. The lowest BCUT2D eigenvalue weighted by molar-refractivity contribution is -0.326. The van der Waals surface area contributed by atoms with Gasteiger partial charge in [-0.3, -0.25) is 0 Å². The summed E-state index contributed by atoms with van der Waals surface area (Å²) in [6.45, 7) is 2.41. The Hall–Kier alpha value is -1.60. The van der Waals surface area contributed by atoms with Crippen molar-refractivity contribution in [3.05, 3.63) is 24.3 Å². The molecule has 3 fully saturated rings. The van der Waals surface area contributed by atoms with Crippen molar-refractivity contribution in [2.45, 2.75) is 6.92 Å². The number of benzene rings is 1. The Labute approximate surface area is 102 Å². The first kappa shape index (κ1) is 11.5. The van der Waals surface area contributed by atoms with E-state index < -0.39 is 13.9 Å². The van der Waals surface area contributed by atoms with Gasteiger partial charge in [0.25, 0.3) is 0 Å². The zero-order valence-corrected chi connectivity index (χ0v) is 10.2. The molecule has 0 N–H and O–H groups in total. The van der Waals surface area contributed by atoms with Crippen LogP contribution >= 0.6 is 7.82 Å². The van der Waals surface area contributed by atoms with Gasteiger partial charge in [0.05, 0.1) is 12.3 Å². The Morgan fingerprint density at radius 3 is 2.50 bits per heavy atom. The number of hydroxylamine groups is 3. The van der Waals surface area contributed by atoms with Gasteiger partial charge < -0.3 is 4.74 Å². The van der Waals surface area contributed by atoms with Crippen LogP contribution < -0.4 is 9.80 Å². The van der Waals surface area contributed by atoms with E-state index in [1.165, 1.54) is 0 Å². The molecule has 9 heteroatoms. The Morgan fingerprint density at radius 2 is 1.89 bits per heavy atom. The third-order valence-corrected chi connectivity index (χ3v) is 3.30. The van der Waals surface area contributed by atoms with E-state index in [1.807, 2.05) is 6.92 Å². The fraction of sp³-hybridized carbons (Fsp3) is 0.222. The minimum atomic E-state index is -3.63. The van der Waals surface area contributed by atoms with Gasteiger partial charge in [-0.25, -0.2) is 9.36 Å². The molecule has 2 amide bonds. The topological polar surface area (TPSA) is 77.5 Å². The van der Waals surface area contributed by atoms with E-state index in [2.05, 4.69) is 9.25 Å². The lowest BCUT2D eigenvalue weighted by Crippen LogP contribution is -2.53. The van der Waals surface area contributed by atoms with Crippen molar-refractivity contribution in [2.24, 2.45) is 0 Å². The average Bonchev–Trinajstić information content (AvgIpc) is 2.32. The monoisotopic (exact) mass is 272 g/mol. The molecule has 3 saturated heterocycles. The highest BCUT2D eigenvalue weighted by Gasteiger charge is 2.58. The number of hydrogen-bond acceptors (Lipinski definition) is 6. The van der Waals surface area contributed by atoms with Gasteiger partial charge in [0, 0.05) is 0 Å². The average molecular weight is 272 g/mol. The molecule has 0 unspecified atom stereocenters. The fourth-order valence-corrected chi connectivity index (χ4v) is 2.44. The third kappa shape index (κ3) is 1.75. The number of amides is 2. The standard InChI is InChI=1S/C9H9N2O6P/c1-2-14-8-5-3-7(4-6-8)10-9(12)11-16-18(13,15-10)17-11/h3-6H,2H2,1H3. The number of carbonyl (C=O) groups excluding carboxylic acids is 1. The van der Waals surface area contributed by atoms with Crippen molar-refractivity contribution in [1.82, 2.24) is 5.23 Å². The maximum atomic E-state index is 11.6. The first-order valence-corrected chi connectivity index (χ1v) is 6.63. The number of rotatable bonds is 3. The molecule has 0 atom stereocenters. The Balaban J connectivity index is 1.82. The van der Waals surface area contributed by atoms with Crippen LogP contribution in [0.3, 0.4) is 0 Å². The van der Waals surface area contributed by atoms with E-state index >= 15 is 0 Å². The molecule has 1 aromatic rings. The molecule has 8 nitrogen and oxygen atoms in total. The third-order valence-electron chi connectivity index (χ3n) is 2.24. The van der Waals surface area contributed by atoms with Crippen molar-refractivity contribution in [2.75, 3.05) is 11.7 Å². The summed E-state index contributed by atoms with van der Waals surface area (Å²) in [6, 6.07) is 5.83. The number of fused-ring (bicyclic) bond motifs is 2. The summed E-state index contributed by atoms with van der Waals surface area (Å²) in [5.74, 6) is 0.662. The summed E-state index contributed by atoms with van der Waals surface area (Å²) in [5, 5.41) is 1.37. The number of phosphoric acid groups is 1. The highest BCUT2D eigenvalue weighted by Crippen LogP contribution is 2.63. The van der Waals surface area contributed by atoms with Crippen LogP contribution in [0.1, 0.15) is 6.92 Å². The summed E-state index contributed by atoms with van der Waals surface area (Å²) in [6.07, 6.45) is 0. The van der Waals surface area contributed by atoms with Gasteiger partial charge in [0.15, 0.2) is 0 Å². The zero-order valence-electron chi connectivity index (χ0n) is 9.31. The van der Waals surface area contributed by atoms with E-state index in [1.54, 1.807) is 24.3 Å². The van der Waals surface area contributed by atoms with Crippen LogP contribution in [-0.2, 0) is 18.4 Å². The first-order chi connectivity index (χ1) is 8.61. The largest absolute Gasteiger partial charge is 0.544 e. The van der Waals surface area contributed by atoms with Gasteiger partial charge in [-0.15, -0.1) is 9.25 Å². The van der Waals surface area contributed by atoms with E-state index in [0.29, 0.717) is 23.3 Å². The molecule has 3 aliphatic heterocycles. The first-order valence-electron chi connectivity index (χ1n) is 5.17. The van der Waals surface area contributed by atoms with E-state index in [9.17, 15) is 9.36 Å². The van der Waals surface area contributed by atoms with Crippen LogP contribution in [0.4, 0.5) is 10.5 Å². The molecule has 0 aromatic heterocycles. The summed E-state index contributed by atoms with van der Waals surface area (Å²) in [7, 11) is -3.63. The lowest BCUT2D eigenvalue weighted by atomic mass is 10.3. The Kier molecular flexibility index (Phi) is 2.53.